The number of aryl methyl sites for hydroxylation is 1. The minimum Gasteiger partial charge on any atom is -0.465 e. The van der Waals surface area contributed by atoms with Gasteiger partial charge in [-0.2, -0.15) is 5.10 Å². The molecule has 1 amide bonds. The van der Waals surface area contributed by atoms with Gasteiger partial charge in [-0.1, -0.05) is 6.07 Å². The highest BCUT2D eigenvalue weighted by Crippen LogP contribution is 2.33. The van der Waals surface area contributed by atoms with E-state index in [1.54, 1.807) is 39.1 Å². The Kier molecular flexibility index (Phi) is 6.61. The summed E-state index contributed by atoms with van der Waals surface area (Å²) in [5, 5.41) is 16.2. The highest BCUT2D eigenvalue weighted by Gasteiger charge is 2.22. The number of hydrogen-bond donors (Lipinski definition) is 2. The van der Waals surface area contributed by atoms with Gasteiger partial charge in [0, 0.05) is 29.1 Å². The van der Waals surface area contributed by atoms with Gasteiger partial charge in [0.15, 0.2) is 11.4 Å². The molecule has 162 valence electrons. The first-order valence-corrected chi connectivity index (χ1v) is 9.43. The molecule has 0 saturated carbocycles. The van der Waals surface area contributed by atoms with Crippen molar-refractivity contribution in [1.29, 1.82) is 0 Å². The summed E-state index contributed by atoms with van der Waals surface area (Å²) < 4.78 is 19.8. The van der Waals surface area contributed by atoms with Crippen LogP contribution >= 0.6 is 0 Å². The molecular formula is C21H21FN4O5. The Balaban J connectivity index is 1.93. The van der Waals surface area contributed by atoms with E-state index >= 15 is 0 Å². The fraction of sp³-hybridized carbons (Fsp3) is 0.238. The molecule has 3 rings (SSSR count). The van der Waals surface area contributed by atoms with E-state index in [-0.39, 0.29) is 30.4 Å². The molecule has 0 radical (unpaired) electrons. The Bertz CT molecular complexity index is 1130. The quantitative estimate of drug-likeness (QED) is 0.338. The van der Waals surface area contributed by atoms with Crippen molar-refractivity contribution >= 4 is 11.9 Å². The minimum atomic E-state index is -0.709. The first kappa shape index (κ1) is 21.9. The summed E-state index contributed by atoms with van der Waals surface area (Å²) in [6.07, 6.45) is 3.13. The molecule has 0 unspecified atom stereocenters. The number of nitrogens with one attached hydrogen (secondary N) is 1. The van der Waals surface area contributed by atoms with Crippen molar-refractivity contribution in [3.8, 4) is 22.6 Å². The van der Waals surface area contributed by atoms with Crippen LogP contribution in [0, 0.1) is 19.7 Å². The third kappa shape index (κ3) is 4.69. The van der Waals surface area contributed by atoms with Crippen LogP contribution in [0.15, 0.2) is 36.7 Å². The summed E-state index contributed by atoms with van der Waals surface area (Å²) in [5.74, 6) is -1.86. The van der Waals surface area contributed by atoms with Crippen LogP contribution in [0.1, 0.15) is 28.7 Å². The molecule has 0 saturated heterocycles. The Hall–Kier alpha value is -3.79. The molecule has 2 heterocycles. The van der Waals surface area contributed by atoms with Gasteiger partial charge in [0.25, 0.3) is 5.91 Å². The normalized spacial score (nSPS) is 10.6. The van der Waals surface area contributed by atoms with Crippen molar-refractivity contribution in [3.63, 3.8) is 0 Å². The van der Waals surface area contributed by atoms with Crippen molar-refractivity contribution < 1.29 is 28.9 Å². The maximum Gasteiger partial charge on any atom is 0.325 e. The van der Waals surface area contributed by atoms with E-state index in [1.165, 1.54) is 23.0 Å². The fourth-order valence-electron chi connectivity index (χ4n) is 3.05. The maximum absolute atomic E-state index is 13.6. The molecule has 0 aliphatic carbocycles. The second-order valence-corrected chi connectivity index (χ2v) is 6.61. The number of nitrogens with zero attached hydrogens (tertiary/aromatic N) is 3. The molecule has 0 aliphatic rings. The van der Waals surface area contributed by atoms with Gasteiger partial charge in [-0.25, -0.2) is 19.3 Å². The van der Waals surface area contributed by atoms with E-state index in [0.717, 1.165) is 0 Å². The standard InChI is InChI=1S/C21H21FN4O5/c1-4-30-18(27)10-24-21(28)19-20(31-29)12(2)16(9-23-19)17-11-26(25-13(17)3)15-7-5-6-14(22)8-15/h5-9,11,29H,4,10H2,1-3H3,(H,24,28). The summed E-state index contributed by atoms with van der Waals surface area (Å²) in [6.45, 7) is 4.90. The predicted molar refractivity (Wildman–Crippen MR) is 108 cm³/mol. The van der Waals surface area contributed by atoms with Crippen molar-refractivity contribution in [1.82, 2.24) is 20.1 Å². The molecule has 0 fully saturated rings. The molecule has 1 aromatic carbocycles. The van der Waals surface area contributed by atoms with E-state index in [4.69, 9.17) is 4.74 Å². The van der Waals surface area contributed by atoms with Crippen LogP contribution in [0.25, 0.3) is 16.8 Å². The minimum absolute atomic E-state index is 0.156. The number of benzene rings is 1. The number of amides is 1. The van der Waals surface area contributed by atoms with E-state index in [2.05, 4.69) is 20.3 Å². The average molecular weight is 428 g/mol. The number of ether oxygens (including phenoxy) is 1. The van der Waals surface area contributed by atoms with Crippen LogP contribution in [-0.2, 0) is 9.53 Å². The third-order valence-corrected chi connectivity index (χ3v) is 4.55. The summed E-state index contributed by atoms with van der Waals surface area (Å²) >= 11 is 0. The van der Waals surface area contributed by atoms with Crippen molar-refractivity contribution in [3.05, 3.63) is 59.4 Å². The lowest BCUT2D eigenvalue weighted by Gasteiger charge is -2.12. The smallest absolute Gasteiger partial charge is 0.325 e. The lowest BCUT2D eigenvalue weighted by molar-refractivity contribution is -0.141. The Labute approximate surface area is 177 Å². The molecular weight excluding hydrogens is 407 g/mol. The van der Waals surface area contributed by atoms with Gasteiger partial charge in [-0.3, -0.25) is 9.59 Å². The number of esters is 1. The molecule has 31 heavy (non-hydrogen) atoms. The zero-order chi connectivity index (χ0) is 22.5. The molecule has 3 aromatic rings. The molecule has 0 bridgehead atoms. The second kappa shape index (κ2) is 9.35. The van der Waals surface area contributed by atoms with Crippen LogP contribution in [0.4, 0.5) is 4.39 Å². The van der Waals surface area contributed by atoms with Crippen molar-refractivity contribution in [2.75, 3.05) is 13.2 Å². The van der Waals surface area contributed by atoms with Gasteiger partial charge >= 0.3 is 5.97 Å². The molecule has 0 spiro atoms. The monoisotopic (exact) mass is 428 g/mol. The summed E-state index contributed by atoms with van der Waals surface area (Å²) in [6, 6.07) is 5.98. The van der Waals surface area contributed by atoms with Gasteiger partial charge < -0.3 is 14.9 Å². The van der Waals surface area contributed by atoms with E-state index in [9.17, 15) is 19.2 Å². The zero-order valence-electron chi connectivity index (χ0n) is 17.2. The fourth-order valence-corrected chi connectivity index (χ4v) is 3.05. The largest absolute Gasteiger partial charge is 0.465 e. The van der Waals surface area contributed by atoms with Crippen LogP contribution in [0.3, 0.4) is 0 Å². The van der Waals surface area contributed by atoms with Gasteiger partial charge in [-0.15, -0.1) is 0 Å². The van der Waals surface area contributed by atoms with Gasteiger partial charge in [-0.05, 0) is 39.0 Å². The Morgan fingerprint density at radius 2 is 2.03 bits per heavy atom. The Morgan fingerprint density at radius 3 is 2.71 bits per heavy atom. The van der Waals surface area contributed by atoms with Gasteiger partial charge in [0.1, 0.15) is 12.4 Å². The number of carbonyl (C=O) groups is 2. The summed E-state index contributed by atoms with van der Waals surface area (Å²) in [5.41, 5.74) is 2.62. The first-order valence-electron chi connectivity index (χ1n) is 9.43. The number of hydrogen-bond acceptors (Lipinski definition) is 7. The first-order chi connectivity index (χ1) is 14.8. The second-order valence-electron chi connectivity index (χ2n) is 6.61. The SMILES string of the molecule is CCOC(=O)CNC(=O)c1ncc(-c2cn(-c3cccc(F)c3)nc2C)c(C)c1OO. The molecule has 9 nitrogen and oxygen atoms in total. The van der Waals surface area contributed by atoms with E-state index < -0.39 is 11.9 Å². The van der Waals surface area contributed by atoms with Crippen LogP contribution in [-0.4, -0.2) is 45.0 Å². The maximum atomic E-state index is 13.6. The topological polar surface area (TPSA) is 116 Å². The molecule has 0 aliphatic heterocycles. The average Bonchev–Trinajstić information content (AvgIpc) is 3.13. The Morgan fingerprint density at radius 1 is 1.26 bits per heavy atom. The van der Waals surface area contributed by atoms with Gasteiger partial charge in [0.05, 0.1) is 18.0 Å². The number of halogens is 1. The van der Waals surface area contributed by atoms with Crippen molar-refractivity contribution in [2.24, 2.45) is 0 Å². The van der Waals surface area contributed by atoms with Gasteiger partial charge in [0.2, 0.25) is 0 Å². The lowest BCUT2D eigenvalue weighted by Crippen LogP contribution is -2.31. The van der Waals surface area contributed by atoms with Crippen molar-refractivity contribution in [2.45, 2.75) is 20.8 Å². The third-order valence-electron chi connectivity index (χ3n) is 4.55. The van der Waals surface area contributed by atoms with Crippen LogP contribution in [0.5, 0.6) is 5.75 Å². The summed E-state index contributed by atoms with van der Waals surface area (Å²) in [4.78, 5) is 32.4. The van der Waals surface area contributed by atoms with E-state index in [1.807, 2.05) is 0 Å². The molecule has 2 aromatic heterocycles. The highest BCUT2D eigenvalue weighted by molar-refractivity contribution is 5.97. The van der Waals surface area contributed by atoms with Crippen LogP contribution in [0.2, 0.25) is 0 Å². The van der Waals surface area contributed by atoms with E-state index in [0.29, 0.717) is 28.1 Å². The number of aromatic nitrogens is 3. The molecule has 2 N–H and O–H groups in total. The number of rotatable bonds is 7. The summed E-state index contributed by atoms with van der Waals surface area (Å²) in [7, 11) is 0. The lowest BCUT2D eigenvalue weighted by atomic mass is 10.0. The number of carbonyl (C=O) groups excluding carboxylic acids is 2. The van der Waals surface area contributed by atoms with Crippen LogP contribution < -0.4 is 10.2 Å². The molecule has 0 atom stereocenters. The zero-order valence-corrected chi connectivity index (χ0v) is 17.2. The predicted octanol–water partition coefficient (Wildman–Crippen LogP) is 2.83. The number of pyridine rings is 1. The molecule has 10 heteroatoms. The highest BCUT2D eigenvalue weighted by atomic mass is 19.1.